The lowest BCUT2D eigenvalue weighted by molar-refractivity contribution is 0.0513. The third kappa shape index (κ3) is 3.73. The number of unbranched alkanes of at least 4 members (excludes halogenated alkanes) is 1. The largest absolute Gasteiger partial charge is 0.392 e. The molecule has 0 aromatic heterocycles. The van der Waals surface area contributed by atoms with E-state index in [2.05, 4.69) is 25.7 Å². The van der Waals surface area contributed by atoms with Gasteiger partial charge >= 0.3 is 0 Å². The van der Waals surface area contributed by atoms with Crippen LogP contribution < -0.4 is 0 Å². The summed E-state index contributed by atoms with van der Waals surface area (Å²) in [5, 5.41) is 20.5. The van der Waals surface area contributed by atoms with Gasteiger partial charge in [0.2, 0.25) is 0 Å². The molecule has 0 amide bonds. The highest BCUT2D eigenvalue weighted by atomic mass is 16.3. The summed E-state index contributed by atoms with van der Waals surface area (Å²) in [7, 11) is 0. The monoisotopic (exact) mass is 278 g/mol. The molecule has 0 spiro atoms. The van der Waals surface area contributed by atoms with Gasteiger partial charge in [-0.2, -0.15) is 0 Å². The molecule has 2 nitrogen and oxygen atoms in total. The number of hydrogen-bond acceptors (Lipinski definition) is 2. The molecular weight excluding hydrogens is 248 g/mol. The lowest BCUT2D eigenvalue weighted by atomic mass is 9.89. The topological polar surface area (TPSA) is 40.5 Å². The molecule has 2 fully saturated rings. The Balaban J connectivity index is 1.88. The van der Waals surface area contributed by atoms with Crippen LogP contribution in [0.15, 0.2) is 24.3 Å². The second-order valence-corrected chi connectivity index (χ2v) is 7.20. The average Bonchev–Trinajstić information content (AvgIpc) is 2.84. The van der Waals surface area contributed by atoms with Gasteiger partial charge in [0, 0.05) is 5.92 Å². The number of aliphatic hydroxyl groups is 2. The fraction of sp³-hybridized carbons (Fsp3) is 0.778. The second kappa shape index (κ2) is 6.44. The van der Waals surface area contributed by atoms with Gasteiger partial charge in [-0.05, 0) is 50.9 Å². The normalized spacial score (nSPS) is 36.5. The van der Waals surface area contributed by atoms with Gasteiger partial charge < -0.3 is 10.2 Å². The number of hydrogen-bond donors (Lipinski definition) is 2. The summed E-state index contributed by atoms with van der Waals surface area (Å²) in [5.41, 5.74) is 0.745. The van der Waals surface area contributed by atoms with E-state index < -0.39 is 5.60 Å². The van der Waals surface area contributed by atoms with Crippen LogP contribution in [0.25, 0.3) is 0 Å². The Morgan fingerprint density at radius 3 is 2.85 bits per heavy atom. The van der Waals surface area contributed by atoms with Crippen molar-refractivity contribution in [3.8, 4) is 0 Å². The van der Waals surface area contributed by atoms with Crippen LogP contribution in [0.4, 0.5) is 0 Å². The van der Waals surface area contributed by atoms with Crippen molar-refractivity contribution in [1.82, 2.24) is 0 Å². The van der Waals surface area contributed by atoms with Crippen molar-refractivity contribution in [2.75, 3.05) is 0 Å². The predicted molar refractivity (Wildman–Crippen MR) is 83.4 cm³/mol. The first kappa shape index (κ1) is 15.8. The van der Waals surface area contributed by atoms with Gasteiger partial charge in [-0.15, -0.1) is 0 Å². The van der Waals surface area contributed by atoms with Crippen molar-refractivity contribution < 1.29 is 10.2 Å². The Labute approximate surface area is 123 Å². The van der Waals surface area contributed by atoms with E-state index in [1.807, 2.05) is 6.92 Å². The van der Waals surface area contributed by atoms with E-state index in [0.717, 1.165) is 38.5 Å². The lowest BCUT2D eigenvalue weighted by Crippen LogP contribution is -2.23. The van der Waals surface area contributed by atoms with Crippen LogP contribution >= 0.6 is 0 Å². The fourth-order valence-electron chi connectivity index (χ4n) is 3.98. The standard InChI is InChI=1S/C18H30O2/c1-4-5-8-18(3,20)9-6-7-15-16-11-13(2)10-14(16)12-17(15)19/h6-7,14-17,19-20H,2,4-5,8-12H2,1,3H3/b7-6+/t14-,15+,16+,17+,18?/m0/s1. The zero-order chi connectivity index (χ0) is 14.8. The molecule has 0 aromatic rings. The van der Waals surface area contributed by atoms with E-state index in [-0.39, 0.29) is 12.0 Å². The maximum atomic E-state index is 10.3. The Kier molecular flexibility index (Phi) is 5.09. The summed E-state index contributed by atoms with van der Waals surface area (Å²) < 4.78 is 0. The van der Waals surface area contributed by atoms with E-state index in [4.69, 9.17) is 0 Å². The molecule has 0 aromatic carbocycles. The van der Waals surface area contributed by atoms with Gasteiger partial charge in [-0.1, -0.05) is 44.1 Å². The number of rotatable bonds is 6. The summed E-state index contributed by atoms with van der Waals surface area (Å²) in [6.45, 7) is 8.17. The van der Waals surface area contributed by atoms with Crippen molar-refractivity contribution in [3.63, 3.8) is 0 Å². The number of allylic oxidation sites excluding steroid dienone is 1. The molecule has 20 heavy (non-hydrogen) atoms. The SMILES string of the molecule is C=C1C[C@H]2C[C@@H](O)[C@H](/C=C/CC(C)(O)CCCC)[C@@H]2C1. The van der Waals surface area contributed by atoms with Crippen LogP contribution in [0, 0.1) is 17.8 Å². The molecule has 2 heteroatoms. The minimum atomic E-state index is -0.602. The molecular formula is C18H30O2. The molecule has 2 aliphatic rings. The molecule has 2 saturated carbocycles. The Morgan fingerprint density at radius 2 is 2.15 bits per heavy atom. The van der Waals surface area contributed by atoms with Crippen LogP contribution in [-0.2, 0) is 0 Å². The van der Waals surface area contributed by atoms with Crippen LogP contribution in [-0.4, -0.2) is 21.9 Å². The Hall–Kier alpha value is -0.600. The van der Waals surface area contributed by atoms with E-state index in [1.165, 1.54) is 5.57 Å². The highest BCUT2D eigenvalue weighted by Gasteiger charge is 2.44. The quantitative estimate of drug-likeness (QED) is 0.725. The molecule has 2 N–H and O–H groups in total. The molecule has 0 bridgehead atoms. The summed E-state index contributed by atoms with van der Waals surface area (Å²) in [5.74, 6) is 1.48. The maximum absolute atomic E-state index is 10.3. The Morgan fingerprint density at radius 1 is 1.40 bits per heavy atom. The van der Waals surface area contributed by atoms with Crippen molar-refractivity contribution in [1.29, 1.82) is 0 Å². The average molecular weight is 278 g/mol. The van der Waals surface area contributed by atoms with Gasteiger partial charge in [0.1, 0.15) is 0 Å². The molecule has 1 unspecified atom stereocenters. The molecule has 5 atom stereocenters. The van der Waals surface area contributed by atoms with Crippen molar-refractivity contribution in [3.05, 3.63) is 24.3 Å². The fourth-order valence-corrected chi connectivity index (χ4v) is 3.98. The molecule has 114 valence electrons. The van der Waals surface area contributed by atoms with Gasteiger partial charge in [0.25, 0.3) is 0 Å². The first-order chi connectivity index (χ1) is 9.43. The first-order valence-electron chi connectivity index (χ1n) is 8.16. The molecule has 0 saturated heterocycles. The molecule has 0 aliphatic heterocycles. The third-order valence-electron chi connectivity index (χ3n) is 5.15. The van der Waals surface area contributed by atoms with Crippen molar-refractivity contribution >= 4 is 0 Å². The molecule has 2 rings (SSSR count). The summed E-state index contributed by atoms with van der Waals surface area (Å²) in [6, 6.07) is 0. The predicted octanol–water partition coefficient (Wildman–Crippen LogP) is 3.84. The number of fused-ring (bicyclic) bond motifs is 1. The zero-order valence-electron chi connectivity index (χ0n) is 13.0. The smallest absolute Gasteiger partial charge is 0.0654 e. The van der Waals surface area contributed by atoms with Crippen molar-refractivity contribution in [2.24, 2.45) is 17.8 Å². The van der Waals surface area contributed by atoms with E-state index in [1.54, 1.807) is 0 Å². The first-order valence-corrected chi connectivity index (χ1v) is 8.16. The highest BCUT2D eigenvalue weighted by molar-refractivity contribution is 5.15. The van der Waals surface area contributed by atoms with E-state index in [0.29, 0.717) is 18.3 Å². The molecule has 0 radical (unpaired) electrons. The number of aliphatic hydroxyl groups excluding tert-OH is 1. The van der Waals surface area contributed by atoms with Crippen LogP contribution in [0.2, 0.25) is 0 Å². The summed E-state index contributed by atoms with van der Waals surface area (Å²) in [6.07, 6.45) is 10.9. The van der Waals surface area contributed by atoms with Crippen LogP contribution in [0.1, 0.15) is 58.8 Å². The van der Waals surface area contributed by atoms with Gasteiger partial charge in [0.15, 0.2) is 0 Å². The van der Waals surface area contributed by atoms with Gasteiger partial charge in [-0.3, -0.25) is 0 Å². The van der Waals surface area contributed by atoms with Gasteiger partial charge in [0.05, 0.1) is 11.7 Å². The summed E-state index contributed by atoms with van der Waals surface area (Å²) in [4.78, 5) is 0. The third-order valence-corrected chi connectivity index (χ3v) is 5.15. The van der Waals surface area contributed by atoms with Crippen molar-refractivity contribution in [2.45, 2.75) is 70.5 Å². The zero-order valence-corrected chi connectivity index (χ0v) is 13.0. The van der Waals surface area contributed by atoms with Crippen LogP contribution in [0.5, 0.6) is 0 Å². The molecule has 2 aliphatic carbocycles. The van der Waals surface area contributed by atoms with E-state index >= 15 is 0 Å². The minimum absolute atomic E-state index is 0.199. The maximum Gasteiger partial charge on any atom is 0.0654 e. The van der Waals surface area contributed by atoms with Gasteiger partial charge in [-0.25, -0.2) is 0 Å². The molecule has 0 heterocycles. The van der Waals surface area contributed by atoms with Crippen LogP contribution in [0.3, 0.4) is 0 Å². The Bertz CT molecular complexity index is 370. The highest BCUT2D eigenvalue weighted by Crippen LogP contribution is 2.49. The minimum Gasteiger partial charge on any atom is -0.392 e. The van der Waals surface area contributed by atoms with E-state index in [9.17, 15) is 10.2 Å². The second-order valence-electron chi connectivity index (χ2n) is 7.20. The lowest BCUT2D eigenvalue weighted by Gasteiger charge is -2.22. The summed E-state index contributed by atoms with van der Waals surface area (Å²) >= 11 is 0.